The van der Waals surface area contributed by atoms with Gasteiger partial charge < -0.3 is 5.11 Å². The number of carboxylic acid groups (broad SMARTS) is 1. The number of aromatic nitrogens is 4. The maximum Gasteiger partial charge on any atom is 0.354 e. The summed E-state index contributed by atoms with van der Waals surface area (Å²) in [6.45, 7) is 0. The van der Waals surface area contributed by atoms with Gasteiger partial charge in [0, 0.05) is 18.0 Å². The first-order valence-corrected chi connectivity index (χ1v) is 6.11. The van der Waals surface area contributed by atoms with Gasteiger partial charge >= 0.3 is 5.97 Å². The number of fused-ring (bicyclic) bond motifs is 1. The summed E-state index contributed by atoms with van der Waals surface area (Å²) in [5, 5.41) is 14.5. The summed E-state index contributed by atoms with van der Waals surface area (Å²) in [5.41, 5.74) is 1.99. The van der Waals surface area contributed by atoms with E-state index in [0.29, 0.717) is 10.7 Å². The topological polar surface area (TPSA) is 80.9 Å². The van der Waals surface area contributed by atoms with E-state index in [4.69, 9.17) is 16.7 Å². The van der Waals surface area contributed by atoms with Crippen molar-refractivity contribution in [2.45, 2.75) is 0 Å². The van der Waals surface area contributed by atoms with E-state index in [1.807, 2.05) is 6.07 Å². The van der Waals surface area contributed by atoms with Gasteiger partial charge in [0.15, 0.2) is 5.69 Å². The smallest absolute Gasteiger partial charge is 0.354 e. The van der Waals surface area contributed by atoms with Crippen molar-refractivity contribution in [3.8, 4) is 11.3 Å². The van der Waals surface area contributed by atoms with Crippen LogP contribution in [0.5, 0.6) is 0 Å². The van der Waals surface area contributed by atoms with Gasteiger partial charge in [-0.1, -0.05) is 11.6 Å². The second-order valence-electron chi connectivity index (χ2n) is 4.26. The van der Waals surface area contributed by atoms with Crippen LogP contribution in [0.2, 0.25) is 5.02 Å². The minimum atomic E-state index is -1.10. The monoisotopic (exact) mass is 288 g/mol. The lowest BCUT2D eigenvalue weighted by molar-refractivity contribution is 0.0690. The van der Waals surface area contributed by atoms with Crippen LogP contribution in [0, 0.1) is 0 Å². The highest BCUT2D eigenvalue weighted by atomic mass is 35.5. The van der Waals surface area contributed by atoms with Crippen molar-refractivity contribution in [2.75, 3.05) is 0 Å². The van der Waals surface area contributed by atoms with E-state index in [2.05, 4.69) is 15.1 Å². The fourth-order valence-electron chi connectivity index (χ4n) is 2.05. The highest BCUT2D eigenvalue weighted by molar-refractivity contribution is 6.35. The van der Waals surface area contributed by atoms with E-state index in [1.165, 1.54) is 12.4 Å². The van der Waals surface area contributed by atoms with Crippen molar-refractivity contribution < 1.29 is 9.90 Å². The van der Waals surface area contributed by atoms with Gasteiger partial charge in [-0.2, -0.15) is 5.10 Å². The molecule has 0 atom stereocenters. The molecule has 0 aliphatic heterocycles. The van der Waals surface area contributed by atoms with Gasteiger partial charge in [-0.25, -0.2) is 14.8 Å². The number of carbonyl (C=O) groups is 1. The van der Waals surface area contributed by atoms with Crippen LogP contribution in [-0.2, 0) is 7.05 Å². The van der Waals surface area contributed by atoms with Crippen molar-refractivity contribution in [3.63, 3.8) is 0 Å². The van der Waals surface area contributed by atoms with Crippen LogP contribution in [-0.4, -0.2) is 30.8 Å². The summed E-state index contributed by atoms with van der Waals surface area (Å²) in [7, 11) is 1.81. The molecule has 7 heteroatoms. The molecule has 6 nitrogen and oxygen atoms in total. The Morgan fingerprint density at radius 3 is 2.85 bits per heavy atom. The van der Waals surface area contributed by atoms with Crippen LogP contribution in [0.4, 0.5) is 0 Å². The molecule has 0 bridgehead atoms. The van der Waals surface area contributed by atoms with Gasteiger partial charge in [-0.15, -0.1) is 0 Å². The number of nitrogens with zero attached hydrogens (tertiary/aromatic N) is 4. The number of rotatable bonds is 2. The van der Waals surface area contributed by atoms with Gasteiger partial charge in [0.05, 0.1) is 22.4 Å². The van der Waals surface area contributed by atoms with Crippen molar-refractivity contribution >= 4 is 28.5 Å². The number of aromatic carboxylic acids is 1. The maximum absolute atomic E-state index is 10.9. The van der Waals surface area contributed by atoms with Gasteiger partial charge in [-0.05, 0) is 18.2 Å². The van der Waals surface area contributed by atoms with E-state index < -0.39 is 5.97 Å². The van der Waals surface area contributed by atoms with Crippen LogP contribution in [0.3, 0.4) is 0 Å². The first kappa shape index (κ1) is 12.6. The van der Waals surface area contributed by atoms with Crippen LogP contribution >= 0.6 is 11.6 Å². The third-order valence-electron chi connectivity index (χ3n) is 2.97. The number of hydrogen-bond acceptors (Lipinski definition) is 4. The van der Waals surface area contributed by atoms with Crippen LogP contribution in [0.1, 0.15) is 10.5 Å². The number of halogens is 1. The molecule has 0 fully saturated rings. The highest BCUT2D eigenvalue weighted by Gasteiger charge is 2.11. The van der Waals surface area contributed by atoms with Crippen molar-refractivity contribution in [3.05, 3.63) is 41.4 Å². The first-order valence-electron chi connectivity index (χ1n) is 5.73. The quantitative estimate of drug-likeness (QED) is 0.783. The molecule has 0 saturated heterocycles. The lowest BCUT2D eigenvalue weighted by Crippen LogP contribution is -2.01. The summed E-state index contributed by atoms with van der Waals surface area (Å²) in [6, 6.07) is 5.01. The second-order valence-corrected chi connectivity index (χ2v) is 4.66. The molecule has 20 heavy (non-hydrogen) atoms. The number of hydrogen-bond donors (Lipinski definition) is 1. The third kappa shape index (κ3) is 2.00. The Bertz CT molecular complexity index is 828. The van der Waals surface area contributed by atoms with E-state index in [9.17, 15) is 4.79 Å². The molecule has 100 valence electrons. The molecular formula is C13H9ClN4O2. The molecule has 0 radical (unpaired) electrons. The lowest BCUT2D eigenvalue weighted by atomic mass is 10.1. The zero-order valence-electron chi connectivity index (χ0n) is 10.4. The number of carboxylic acids is 1. The predicted octanol–water partition coefficient (Wildman–Crippen LogP) is 2.38. The molecule has 3 rings (SSSR count). The summed E-state index contributed by atoms with van der Waals surface area (Å²) in [5.74, 6) is -1.10. The summed E-state index contributed by atoms with van der Waals surface area (Å²) < 4.78 is 1.68. The Labute approximate surface area is 118 Å². The van der Waals surface area contributed by atoms with Crippen molar-refractivity contribution in [2.24, 2.45) is 7.05 Å². The van der Waals surface area contributed by atoms with Crippen LogP contribution in [0.15, 0.2) is 30.7 Å². The Hall–Kier alpha value is -2.47. The zero-order chi connectivity index (χ0) is 14.3. The Kier molecular flexibility index (Phi) is 2.87. The molecule has 1 N–H and O–H groups in total. The first-order chi connectivity index (χ1) is 9.56. The SMILES string of the molecule is Cn1ncc2cc(-c3cc(C(=O)O)ncn3)cc(Cl)c21. The Balaban J connectivity index is 2.19. The Morgan fingerprint density at radius 2 is 2.10 bits per heavy atom. The molecular weight excluding hydrogens is 280 g/mol. The van der Waals surface area contributed by atoms with Crippen molar-refractivity contribution in [1.82, 2.24) is 19.7 Å². The second kappa shape index (κ2) is 4.57. The van der Waals surface area contributed by atoms with Crippen LogP contribution in [0.25, 0.3) is 22.2 Å². The van der Waals surface area contributed by atoms with E-state index in [-0.39, 0.29) is 5.69 Å². The molecule has 3 aromatic rings. The van der Waals surface area contributed by atoms with E-state index in [1.54, 1.807) is 24.0 Å². The maximum atomic E-state index is 10.9. The highest BCUT2D eigenvalue weighted by Crippen LogP contribution is 2.29. The normalized spacial score (nSPS) is 10.9. The molecule has 0 unspecified atom stereocenters. The summed E-state index contributed by atoms with van der Waals surface area (Å²) in [4.78, 5) is 18.7. The summed E-state index contributed by atoms with van der Waals surface area (Å²) >= 11 is 6.24. The molecule has 1 aromatic carbocycles. The predicted molar refractivity (Wildman–Crippen MR) is 73.7 cm³/mol. The van der Waals surface area contributed by atoms with Gasteiger partial charge in [0.2, 0.25) is 0 Å². The molecule has 0 saturated carbocycles. The third-order valence-corrected chi connectivity index (χ3v) is 3.26. The fraction of sp³-hybridized carbons (Fsp3) is 0.0769. The minimum absolute atomic E-state index is 0.0580. The molecule has 0 aliphatic carbocycles. The average Bonchev–Trinajstić information content (AvgIpc) is 2.81. The Morgan fingerprint density at radius 1 is 1.30 bits per heavy atom. The van der Waals surface area contributed by atoms with E-state index >= 15 is 0 Å². The molecule has 0 aliphatic rings. The molecule has 2 aromatic heterocycles. The van der Waals surface area contributed by atoms with Crippen molar-refractivity contribution in [1.29, 1.82) is 0 Å². The van der Waals surface area contributed by atoms with Gasteiger partial charge in [-0.3, -0.25) is 4.68 Å². The van der Waals surface area contributed by atoms with Gasteiger partial charge in [0.1, 0.15) is 6.33 Å². The van der Waals surface area contributed by atoms with Gasteiger partial charge in [0.25, 0.3) is 0 Å². The molecule has 0 spiro atoms. The number of aryl methyl sites for hydroxylation is 1. The molecule has 0 amide bonds. The summed E-state index contributed by atoms with van der Waals surface area (Å²) in [6.07, 6.45) is 2.92. The zero-order valence-corrected chi connectivity index (χ0v) is 11.2. The minimum Gasteiger partial charge on any atom is -0.477 e. The lowest BCUT2D eigenvalue weighted by Gasteiger charge is -2.04. The largest absolute Gasteiger partial charge is 0.477 e. The fourth-order valence-corrected chi connectivity index (χ4v) is 2.40. The number of benzene rings is 1. The standard InChI is InChI=1S/C13H9ClN4O2/c1-18-12-8(5-17-18)2-7(3-9(12)14)10-4-11(13(19)20)16-6-15-10/h2-6H,1H3,(H,19,20). The van der Waals surface area contributed by atoms with E-state index in [0.717, 1.165) is 16.5 Å². The molecule has 2 heterocycles. The van der Waals surface area contributed by atoms with Crippen LogP contribution < -0.4 is 0 Å². The average molecular weight is 289 g/mol.